The lowest BCUT2D eigenvalue weighted by Crippen LogP contribution is -2.32. The van der Waals surface area contributed by atoms with Crippen LogP contribution in [0.4, 0.5) is 5.69 Å². The van der Waals surface area contributed by atoms with Gasteiger partial charge in [0.25, 0.3) is 0 Å². The summed E-state index contributed by atoms with van der Waals surface area (Å²) in [7, 11) is 1.35. The predicted molar refractivity (Wildman–Crippen MR) is 152 cm³/mol. The monoisotopic (exact) mass is 540 g/mol. The third kappa shape index (κ3) is 5.68. The number of nitrogens with one attached hydrogen (secondary N) is 2. The first-order valence-corrected chi connectivity index (χ1v) is 13.0. The summed E-state index contributed by atoms with van der Waals surface area (Å²) in [5.74, 6) is 0.598. The van der Waals surface area contributed by atoms with Gasteiger partial charge >= 0.3 is 5.97 Å². The lowest BCUT2D eigenvalue weighted by Gasteiger charge is -2.25. The number of carbonyl (C=O) groups is 2. The quantitative estimate of drug-likeness (QED) is 0.225. The maximum atomic E-state index is 12.8. The molecule has 1 aliphatic rings. The molecule has 2 N–H and O–H groups in total. The van der Waals surface area contributed by atoms with E-state index in [4.69, 9.17) is 21.4 Å². The van der Waals surface area contributed by atoms with Crippen LogP contribution in [0.25, 0.3) is 11.3 Å². The van der Waals surface area contributed by atoms with Gasteiger partial charge in [-0.3, -0.25) is 9.78 Å². The number of aromatic nitrogens is 1. The van der Waals surface area contributed by atoms with E-state index in [1.807, 2.05) is 78.6 Å². The van der Waals surface area contributed by atoms with Crippen molar-refractivity contribution in [1.29, 1.82) is 0 Å². The van der Waals surface area contributed by atoms with Gasteiger partial charge in [-0.05, 0) is 61.6 Å². The maximum absolute atomic E-state index is 12.8. The molecule has 2 aromatic carbocycles. The summed E-state index contributed by atoms with van der Waals surface area (Å²) in [5, 5.41) is 6.82. The molecule has 0 aliphatic carbocycles. The highest BCUT2D eigenvalue weighted by Crippen LogP contribution is 2.41. The second-order valence-electron chi connectivity index (χ2n) is 9.22. The van der Waals surface area contributed by atoms with Crippen molar-refractivity contribution in [2.45, 2.75) is 25.4 Å². The summed E-state index contributed by atoms with van der Waals surface area (Å²) in [6.07, 6.45) is 1.95. The number of rotatable bonds is 8. The zero-order valence-electron chi connectivity index (χ0n) is 21.6. The Morgan fingerprint density at radius 1 is 1.05 bits per heavy atom. The van der Waals surface area contributed by atoms with Crippen LogP contribution in [-0.4, -0.2) is 40.5 Å². The number of furan rings is 1. The molecule has 0 spiro atoms. The number of carbonyl (C=O) groups excluding carboxylic acids is 2. The Bertz CT molecular complexity index is 1490. The Hall–Kier alpha value is -4.50. The van der Waals surface area contributed by atoms with Gasteiger partial charge in [0.15, 0.2) is 5.11 Å². The smallest absolute Gasteiger partial charge is 0.338 e. The molecule has 9 heteroatoms. The molecule has 0 bridgehead atoms. The third-order valence-electron chi connectivity index (χ3n) is 6.63. The number of amides is 1. The topological polar surface area (TPSA) is 96.7 Å². The summed E-state index contributed by atoms with van der Waals surface area (Å²) >= 11 is 5.71. The molecule has 2 atom stereocenters. The van der Waals surface area contributed by atoms with Crippen molar-refractivity contribution in [1.82, 2.24) is 15.2 Å². The number of hydrogen-bond donors (Lipinski definition) is 2. The third-order valence-corrected chi connectivity index (χ3v) is 6.98. The minimum atomic E-state index is -0.445. The van der Waals surface area contributed by atoms with Crippen molar-refractivity contribution < 1.29 is 18.7 Å². The van der Waals surface area contributed by atoms with Gasteiger partial charge in [-0.15, -0.1) is 0 Å². The number of hydrogen-bond acceptors (Lipinski definition) is 6. The molecule has 3 heterocycles. The normalized spacial score (nSPS) is 16.6. The van der Waals surface area contributed by atoms with Crippen LogP contribution in [0.2, 0.25) is 0 Å². The van der Waals surface area contributed by atoms with Crippen LogP contribution in [-0.2, 0) is 9.53 Å². The number of pyridine rings is 1. The summed E-state index contributed by atoms with van der Waals surface area (Å²) in [4.78, 5) is 31.6. The summed E-state index contributed by atoms with van der Waals surface area (Å²) in [6.45, 7) is 2.37. The second-order valence-corrected chi connectivity index (χ2v) is 9.61. The molecule has 8 nitrogen and oxygen atoms in total. The van der Waals surface area contributed by atoms with Crippen LogP contribution in [0.3, 0.4) is 0 Å². The summed E-state index contributed by atoms with van der Waals surface area (Å²) in [5.41, 5.74) is 3.70. The average Bonchev–Trinajstić information content (AvgIpc) is 3.57. The van der Waals surface area contributed by atoms with E-state index in [2.05, 4.69) is 15.6 Å². The second kappa shape index (κ2) is 11.5. The highest BCUT2D eigenvalue weighted by Gasteiger charge is 2.41. The number of anilines is 1. The van der Waals surface area contributed by atoms with Crippen molar-refractivity contribution >= 4 is 34.9 Å². The fraction of sp³-hybridized carbons (Fsp3) is 0.200. The fourth-order valence-electron chi connectivity index (χ4n) is 4.68. The molecule has 1 fully saturated rings. The van der Waals surface area contributed by atoms with Crippen LogP contribution >= 0.6 is 12.2 Å². The van der Waals surface area contributed by atoms with Crippen LogP contribution in [0.1, 0.15) is 45.9 Å². The van der Waals surface area contributed by atoms with Gasteiger partial charge in [0, 0.05) is 30.4 Å². The Morgan fingerprint density at radius 2 is 1.82 bits per heavy atom. The predicted octanol–water partition coefficient (Wildman–Crippen LogP) is 5.44. The van der Waals surface area contributed by atoms with Crippen LogP contribution < -0.4 is 10.6 Å². The molecule has 198 valence electrons. The molecular weight excluding hydrogens is 512 g/mol. The molecule has 0 radical (unpaired) electrons. The van der Waals surface area contributed by atoms with E-state index in [0.717, 1.165) is 16.9 Å². The number of nitrogens with zero attached hydrogens (tertiary/aromatic N) is 2. The van der Waals surface area contributed by atoms with E-state index in [-0.39, 0.29) is 24.4 Å². The average molecular weight is 541 g/mol. The number of methoxy groups -OCH3 is 1. The van der Waals surface area contributed by atoms with Crippen molar-refractivity contribution in [2.24, 2.45) is 0 Å². The number of ether oxygens (including phenoxy) is 1. The first-order valence-electron chi connectivity index (χ1n) is 12.6. The maximum Gasteiger partial charge on any atom is 0.338 e. The van der Waals surface area contributed by atoms with E-state index in [1.54, 1.807) is 18.3 Å². The van der Waals surface area contributed by atoms with Gasteiger partial charge in [0.05, 0.1) is 24.4 Å². The Morgan fingerprint density at radius 3 is 2.56 bits per heavy atom. The highest BCUT2D eigenvalue weighted by molar-refractivity contribution is 7.80. The lowest BCUT2D eigenvalue weighted by atomic mass is 10.0. The molecular formula is C30H28N4O4S. The van der Waals surface area contributed by atoms with E-state index in [9.17, 15) is 9.59 Å². The minimum absolute atomic E-state index is 0.117. The highest BCUT2D eigenvalue weighted by atomic mass is 32.1. The van der Waals surface area contributed by atoms with E-state index >= 15 is 0 Å². The summed E-state index contributed by atoms with van der Waals surface area (Å²) in [6, 6.07) is 23.5. The number of thiocarbonyl (C=S) groups is 1. The zero-order valence-corrected chi connectivity index (χ0v) is 22.4. The SMILES string of the molecule is COC(=O)c1ccccc1-c1ccc([C@@H]2[C@H](c3ccccn3)NC(=S)N2CCC(=O)Nc2ccc(C)cc2)o1. The first-order chi connectivity index (χ1) is 18.9. The van der Waals surface area contributed by atoms with Gasteiger partial charge in [0.1, 0.15) is 17.6 Å². The number of benzene rings is 2. The van der Waals surface area contributed by atoms with Crippen LogP contribution in [0.15, 0.2) is 89.5 Å². The molecule has 0 saturated carbocycles. The van der Waals surface area contributed by atoms with Gasteiger partial charge < -0.3 is 24.7 Å². The van der Waals surface area contributed by atoms with E-state index in [1.165, 1.54) is 7.11 Å². The first kappa shape index (κ1) is 26.1. The van der Waals surface area contributed by atoms with Crippen LogP contribution in [0.5, 0.6) is 0 Å². The van der Waals surface area contributed by atoms with Crippen molar-refractivity contribution in [3.63, 3.8) is 0 Å². The molecule has 39 heavy (non-hydrogen) atoms. The Balaban J connectivity index is 1.42. The minimum Gasteiger partial charge on any atom is -0.465 e. The van der Waals surface area contributed by atoms with E-state index < -0.39 is 5.97 Å². The molecule has 4 aromatic rings. The molecule has 1 amide bonds. The number of aryl methyl sites for hydroxylation is 1. The van der Waals surface area contributed by atoms with Crippen molar-refractivity contribution in [2.75, 3.05) is 19.0 Å². The molecule has 5 rings (SSSR count). The molecule has 0 unspecified atom stereocenters. The number of esters is 1. The van der Waals surface area contributed by atoms with Crippen molar-refractivity contribution in [3.05, 3.63) is 108 Å². The fourth-order valence-corrected chi connectivity index (χ4v) is 5.01. The van der Waals surface area contributed by atoms with Crippen LogP contribution in [0, 0.1) is 6.92 Å². The van der Waals surface area contributed by atoms with Gasteiger partial charge in [-0.25, -0.2) is 4.79 Å². The van der Waals surface area contributed by atoms with E-state index in [0.29, 0.717) is 34.3 Å². The molecule has 1 aliphatic heterocycles. The largest absolute Gasteiger partial charge is 0.465 e. The van der Waals surface area contributed by atoms with Gasteiger partial charge in [-0.1, -0.05) is 42.0 Å². The Labute approximate surface area is 232 Å². The van der Waals surface area contributed by atoms with Crippen molar-refractivity contribution in [3.8, 4) is 11.3 Å². The zero-order chi connectivity index (χ0) is 27.4. The Kier molecular flexibility index (Phi) is 7.69. The molecule has 2 aromatic heterocycles. The van der Waals surface area contributed by atoms with Gasteiger partial charge in [0.2, 0.25) is 5.91 Å². The molecule has 1 saturated heterocycles. The lowest BCUT2D eigenvalue weighted by molar-refractivity contribution is -0.116. The standard InChI is InChI=1S/C30H28N4O4S/c1-19-10-12-20(13-11-19)32-26(35)16-18-34-28(27(33-30(34)39)23-9-5-6-17-31-23)25-15-14-24(38-25)21-7-3-4-8-22(21)29(36)37-2/h3-15,17,27-28H,16,18H2,1-2H3,(H,32,35)(H,33,39)/t27-,28+/m0/s1. The summed E-state index contributed by atoms with van der Waals surface area (Å²) < 4.78 is 11.3. The van der Waals surface area contributed by atoms with Gasteiger partial charge in [-0.2, -0.15) is 0 Å².